The molecule has 0 saturated heterocycles. The predicted octanol–water partition coefficient (Wildman–Crippen LogP) is 3.59. The lowest BCUT2D eigenvalue weighted by atomic mass is 10.1. The Morgan fingerprint density at radius 3 is 2.85 bits per heavy atom. The van der Waals surface area contributed by atoms with Crippen molar-refractivity contribution in [2.75, 3.05) is 6.61 Å². The molecule has 0 bridgehead atoms. The third-order valence-electron chi connectivity index (χ3n) is 2.33. The number of para-hydroxylation sites is 1. The van der Waals surface area contributed by atoms with E-state index < -0.39 is 12.6 Å². The second-order valence-electron chi connectivity index (χ2n) is 3.63. The number of benzene rings is 1. The molecule has 4 nitrogen and oxygen atoms in total. The number of carbonyl (C=O) groups excluding carboxylic acids is 1. The summed E-state index contributed by atoms with van der Waals surface area (Å²) in [7, 11) is 0. The maximum atomic E-state index is 12.3. The van der Waals surface area contributed by atoms with Crippen LogP contribution in [0.4, 0.5) is 8.78 Å². The molecule has 0 aliphatic rings. The summed E-state index contributed by atoms with van der Waals surface area (Å²) in [4.78, 5) is 15.6. The Hall–Kier alpha value is -2.02. The summed E-state index contributed by atoms with van der Waals surface area (Å²) in [5, 5.41) is 1.77. The smallest absolute Gasteiger partial charge is 0.387 e. The van der Waals surface area contributed by atoms with Crippen molar-refractivity contribution in [1.29, 1.82) is 0 Å². The Kier molecular flexibility index (Phi) is 4.62. The van der Waals surface area contributed by atoms with E-state index in [1.54, 1.807) is 30.5 Å². The Balaban J connectivity index is 2.30. The number of ether oxygens (including phenoxy) is 2. The van der Waals surface area contributed by atoms with E-state index in [4.69, 9.17) is 4.74 Å². The second kappa shape index (κ2) is 6.42. The summed E-state index contributed by atoms with van der Waals surface area (Å²) < 4.78 is 33.9. The van der Waals surface area contributed by atoms with Crippen molar-refractivity contribution in [2.45, 2.75) is 13.5 Å². The second-order valence-corrected chi connectivity index (χ2v) is 4.49. The van der Waals surface area contributed by atoms with Gasteiger partial charge in [0, 0.05) is 10.9 Å². The van der Waals surface area contributed by atoms with Gasteiger partial charge in [-0.05, 0) is 19.1 Å². The Labute approximate surface area is 118 Å². The number of esters is 1. The van der Waals surface area contributed by atoms with Crippen molar-refractivity contribution in [3.8, 4) is 17.0 Å². The average molecular weight is 299 g/mol. The molecule has 0 aliphatic carbocycles. The summed E-state index contributed by atoms with van der Waals surface area (Å²) in [6, 6.07) is 6.28. The maximum Gasteiger partial charge on any atom is 0.387 e. The number of aromatic nitrogens is 1. The molecule has 0 saturated carbocycles. The minimum atomic E-state index is -2.92. The van der Waals surface area contributed by atoms with Gasteiger partial charge in [-0.2, -0.15) is 8.78 Å². The fourth-order valence-corrected chi connectivity index (χ4v) is 2.27. The summed E-state index contributed by atoms with van der Waals surface area (Å²) >= 11 is 1.09. The van der Waals surface area contributed by atoms with Crippen molar-refractivity contribution in [3.05, 3.63) is 34.7 Å². The third kappa shape index (κ3) is 3.30. The molecule has 0 radical (unpaired) electrons. The number of rotatable bonds is 5. The van der Waals surface area contributed by atoms with Crippen molar-refractivity contribution >= 4 is 17.3 Å². The molecule has 2 aromatic rings. The summed E-state index contributed by atoms with van der Waals surface area (Å²) in [6.45, 7) is -0.976. The molecular formula is C13H11F2NO3S. The molecule has 0 spiro atoms. The Morgan fingerprint density at radius 1 is 1.40 bits per heavy atom. The van der Waals surface area contributed by atoms with Gasteiger partial charge >= 0.3 is 12.6 Å². The number of halogens is 2. The number of nitrogens with zero attached hydrogens (tertiary/aromatic N) is 1. The van der Waals surface area contributed by atoms with Gasteiger partial charge in [-0.3, -0.25) is 0 Å². The normalized spacial score (nSPS) is 10.6. The summed E-state index contributed by atoms with van der Waals surface area (Å²) in [5.74, 6) is -0.515. The van der Waals surface area contributed by atoms with Gasteiger partial charge in [0.2, 0.25) is 5.01 Å². The van der Waals surface area contributed by atoms with Crippen LogP contribution in [-0.2, 0) is 4.74 Å². The molecule has 0 N–H and O–H groups in total. The molecule has 0 aliphatic heterocycles. The van der Waals surface area contributed by atoms with Crippen LogP contribution < -0.4 is 4.74 Å². The maximum absolute atomic E-state index is 12.3. The van der Waals surface area contributed by atoms with E-state index in [9.17, 15) is 13.6 Å². The number of carbonyl (C=O) groups is 1. The summed E-state index contributed by atoms with van der Waals surface area (Å²) in [5.41, 5.74) is 0.800. The highest BCUT2D eigenvalue weighted by Crippen LogP contribution is 2.31. The third-order valence-corrected chi connectivity index (χ3v) is 3.16. The lowest BCUT2D eigenvalue weighted by Gasteiger charge is -2.08. The van der Waals surface area contributed by atoms with E-state index in [1.165, 1.54) is 6.07 Å². The largest absolute Gasteiger partial charge is 0.461 e. The van der Waals surface area contributed by atoms with Gasteiger partial charge in [0.1, 0.15) is 5.75 Å². The van der Waals surface area contributed by atoms with Crippen LogP contribution in [0.3, 0.4) is 0 Å². The molecule has 2 rings (SSSR count). The van der Waals surface area contributed by atoms with E-state index in [2.05, 4.69) is 9.72 Å². The quantitative estimate of drug-likeness (QED) is 0.792. The first-order valence-electron chi connectivity index (χ1n) is 5.78. The van der Waals surface area contributed by atoms with E-state index in [-0.39, 0.29) is 17.4 Å². The predicted molar refractivity (Wildman–Crippen MR) is 70.1 cm³/mol. The molecule has 1 aromatic heterocycles. The van der Waals surface area contributed by atoms with E-state index >= 15 is 0 Å². The molecule has 20 heavy (non-hydrogen) atoms. The highest BCUT2D eigenvalue weighted by molar-refractivity contribution is 7.11. The number of thiazole rings is 1. The van der Waals surface area contributed by atoms with Crippen LogP contribution in [0.15, 0.2) is 29.6 Å². The fraction of sp³-hybridized carbons (Fsp3) is 0.231. The van der Waals surface area contributed by atoms with Gasteiger partial charge < -0.3 is 9.47 Å². The van der Waals surface area contributed by atoms with Gasteiger partial charge in [-0.25, -0.2) is 9.78 Å². The molecule has 0 fully saturated rings. The standard InChI is InChI=1S/C13H11F2NO3S/c1-2-18-12(17)11-16-9(7-20-11)8-5-3-4-6-10(8)19-13(14)15/h3-7,13H,2H2,1H3. The lowest BCUT2D eigenvalue weighted by molar-refractivity contribution is -0.0494. The SMILES string of the molecule is CCOC(=O)c1nc(-c2ccccc2OC(F)F)cs1. The van der Waals surface area contributed by atoms with E-state index in [0.29, 0.717) is 11.3 Å². The average Bonchev–Trinajstić information content (AvgIpc) is 2.88. The first-order valence-corrected chi connectivity index (χ1v) is 6.66. The molecule has 7 heteroatoms. The van der Waals surface area contributed by atoms with Crippen LogP contribution in [0.25, 0.3) is 11.3 Å². The molecule has 1 heterocycles. The van der Waals surface area contributed by atoms with Crippen LogP contribution in [0.5, 0.6) is 5.75 Å². The van der Waals surface area contributed by atoms with Crippen molar-refractivity contribution < 1.29 is 23.0 Å². The van der Waals surface area contributed by atoms with Crippen molar-refractivity contribution in [3.63, 3.8) is 0 Å². The zero-order valence-electron chi connectivity index (χ0n) is 10.5. The fourth-order valence-electron chi connectivity index (χ4n) is 1.56. The van der Waals surface area contributed by atoms with Gasteiger partial charge in [-0.15, -0.1) is 11.3 Å². The molecule has 0 amide bonds. The molecule has 1 aromatic carbocycles. The highest BCUT2D eigenvalue weighted by Gasteiger charge is 2.16. The van der Waals surface area contributed by atoms with E-state index in [0.717, 1.165) is 11.3 Å². The molecular weight excluding hydrogens is 288 g/mol. The monoisotopic (exact) mass is 299 g/mol. The Bertz CT molecular complexity index is 601. The number of hydrogen-bond donors (Lipinski definition) is 0. The van der Waals surface area contributed by atoms with Crippen LogP contribution in [0, 0.1) is 0 Å². The van der Waals surface area contributed by atoms with Gasteiger partial charge in [0.15, 0.2) is 0 Å². The van der Waals surface area contributed by atoms with Gasteiger partial charge in [-0.1, -0.05) is 12.1 Å². The summed E-state index contributed by atoms with van der Waals surface area (Å²) in [6.07, 6.45) is 0. The number of hydrogen-bond acceptors (Lipinski definition) is 5. The van der Waals surface area contributed by atoms with Crippen LogP contribution in [0.2, 0.25) is 0 Å². The first kappa shape index (κ1) is 14.4. The van der Waals surface area contributed by atoms with Crippen molar-refractivity contribution in [2.24, 2.45) is 0 Å². The minimum absolute atomic E-state index is 0.0169. The lowest BCUT2D eigenvalue weighted by Crippen LogP contribution is -2.04. The minimum Gasteiger partial charge on any atom is -0.461 e. The van der Waals surface area contributed by atoms with Gasteiger partial charge in [0.05, 0.1) is 12.3 Å². The van der Waals surface area contributed by atoms with E-state index in [1.807, 2.05) is 0 Å². The van der Waals surface area contributed by atoms with Crippen molar-refractivity contribution in [1.82, 2.24) is 4.98 Å². The number of alkyl halides is 2. The van der Waals surface area contributed by atoms with Gasteiger partial charge in [0.25, 0.3) is 0 Å². The first-order chi connectivity index (χ1) is 9.61. The van der Waals surface area contributed by atoms with Crippen LogP contribution >= 0.6 is 11.3 Å². The zero-order valence-corrected chi connectivity index (χ0v) is 11.3. The zero-order chi connectivity index (χ0) is 14.5. The molecule has 0 unspecified atom stereocenters. The van der Waals surface area contributed by atoms with Crippen LogP contribution in [-0.4, -0.2) is 24.2 Å². The highest BCUT2D eigenvalue weighted by atomic mass is 32.1. The van der Waals surface area contributed by atoms with Crippen LogP contribution in [0.1, 0.15) is 16.7 Å². The topological polar surface area (TPSA) is 48.4 Å². The molecule has 106 valence electrons. The molecule has 0 atom stereocenters. The Morgan fingerprint density at radius 2 is 2.15 bits per heavy atom.